The zero-order valence-electron chi connectivity index (χ0n) is 17.9. The van der Waals surface area contributed by atoms with Crippen molar-refractivity contribution in [2.24, 2.45) is 0 Å². The Hall–Kier alpha value is -3.54. The molecule has 0 aliphatic carbocycles. The van der Waals surface area contributed by atoms with Gasteiger partial charge in [-0.2, -0.15) is 0 Å². The third-order valence-electron chi connectivity index (χ3n) is 5.05. The summed E-state index contributed by atoms with van der Waals surface area (Å²) in [6.45, 7) is 0. The van der Waals surface area contributed by atoms with Crippen molar-refractivity contribution in [3.63, 3.8) is 0 Å². The molecule has 3 rings (SSSR count). The third kappa shape index (κ3) is 5.98. The van der Waals surface area contributed by atoms with Crippen LogP contribution in [-0.4, -0.2) is 27.2 Å². The summed E-state index contributed by atoms with van der Waals surface area (Å²) in [6.07, 6.45) is 0.682. The SMILES string of the molecule is COc1ccc(C(Cc2ccc(F)cc2)NC(=O)Cc2ccc(OC)cc2OC)cc1. The smallest absolute Gasteiger partial charge is 0.225 e. The minimum Gasteiger partial charge on any atom is -0.497 e. The van der Waals surface area contributed by atoms with Gasteiger partial charge in [0.2, 0.25) is 5.91 Å². The van der Waals surface area contributed by atoms with E-state index in [-0.39, 0.29) is 24.2 Å². The lowest BCUT2D eigenvalue weighted by molar-refractivity contribution is -0.121. The lowest BCUT2D eigenvalue weighted by atomic mass is 9.98. The fourth-order valence-electron chi connectivity index (χ4n) is 3.36. The number of methoxy groups -OCH3 is 3. The van der Waals surface area contributed by atoms with Gasteiger partial charge < -0.3 is 19.5 Å². The van der Waals surface area contributed by atoms with Gasteiger partial charge in [-0.25, -0.2) is 4.39 Å². The molecule has 1 amide bonds. The van der Waals surface area contributed by atoms with Crippen LogP contribution < -0.4 is 19.5 Å². The van der Waals surface area contributed by atoms with E-state index in [1.165, 1.54) is 12.1 Å². The highest BCUT2D eigenvalue weighted by Gasteiger charge is 2.18. The number of hydrogen-bond donors (Lipinski definition) is 1. The average Bonchev–Trinajstić information content (AvgIpc) is 2.80. The van der Waals surface area contributed by atoms with Gasteiger partial charge in [0.15, 0.2) is 0 Å². The van der Waals surface area contributed by atoms with Gasteiger partial charge in [0, 0.05) is 11.6 Å². The Kier molecular flexibility index (Phi) is 7.49. The molecule has 1 unspecified atom stereocenters. The van der Waals surface area contributed by atoms with E-state index < -0.39 is 0 Å². The molecule has 3 aromatic carbocycles. The van der Waals surface area contributed by atoms with E-state index in [1.54, 1.807) is 45.6 Å². The Balaban J connectivity index is 1.79. The minimum absolute atomic E-state index is 0.147. The van der Waals surface area contributed by atoms with Crippen molar-refractivity contribution in [2.45, 2.75) is 18.9 Å². The van der Waals surface area contributed by atoms with Gasteiger partial charge in [0.1, 0.15) is 23.1 Å². The van der Waals surface area contributed by atoms with Gasteiger partial charge >= 0.3 is 0 Å². The Labute approximate surface area is 181 Å². The van der Waals surface area contributed by atoms with Gasteiger partial charge in [-0.15, -0.1) is 0 Å². The van der Waals surface area contributed by atoms with Gasteiger partial charge in [0.05, 0.1) is 33.8 Å². The summed E-state index contributed by atoms with van der Waals surface area (Å²) in [5, 5.41) is 3.10. The largest absolute Gasteiger partial charge is 0.497 e. The number of benzene rings is 3. The van der Waals surface area contributed by atoms with E-state index in [9.17, 15) is 9.18 Å². The molecule has 0 aliphatic rings. The average molecular weight is 423 g/mol. The predicted molar refractivity (Wildman–Crippen MR) is 117 cm³/mol. The van der Waals surface area contributed by atoms with Gasteiger partial charge in [-0.3, -0.25) is 4.79 Å². The van der Waals surface area contributed by atoms with E-state index in [0.29, 0.717) is 17.9 Å². The van der Waals surface area contributed by atoms with E-state index in [0.717, 1.165) is 22.4 Å². The van der Waals surface area contributed by atoms with Crippen molar-refractivity contribution < 1.29 is 23.4 Å². The molecular formula is C25H26FNO4. The van der Waals surface area contributed by atoms with Crippen molar-refractivity contribution in [3.8, 4) is 17.2 Å². The maximum absolute atomic E-state index is 13.3. The fraction of sp³-hybridized carbons (Fsp3) is 0.240. The number of hydrogen-bond acceptors (Lipinski definition) is 4. The highest BCUT2D eigenvalue weighted by Crippen LogP contribution is 2.26. The second-order valence-electron chi connectivity index (χ2n) is 7.08. The second kappa shape index (κ2) is 10.5. The third-order valence-corrected chi connectivity index (χ3v) is 5.05. The summed E-state index contributed by atoms with van der Waals surface area (Å²) in [5.41, 5.74) is 2.61. The van der Waals surface area contributed by atoms with Crippen LogP contribution in [0.15, 0.2) is 66.7 Å². The number of carbonyl (C=O) groups excluding carboxylic acids is 1. The summed E-state index contributed by atoms with van der Waals surface area (Å²) in [7, 11) is 4.75. The molecule has 0 heterocycles. The van der Waals surface area contributed by atoms with Crippen LogP contribution in [0.1, 0.15) is 22.7 Å². The van der Waals surface area contributed by atoms with Gasteiger partial charge in [-0.1, -0.05) is 30.3 Å². The fourth-order valence-corrected chi connectivity index (χ4v) is 3.36. The van der Waals surface area contributed by atoms with Crippen LogP contribution >= 0.6 is 0 Å². The number of carbonyl (C=O) groups is 1. The molecule has 1 N–H and O–H groups in total. The molecule has 0 bridgehead atoms. The van der Waals surface area contributed by atoms with E-state index in [1.807, 2.05) is 30.3 Å². The number of rotatable bonds is 9. The highest BCUT2D eigenvalue weighted by atomic mass is 19.1. The number of ether oxygens (including phenoxy) is 3. The molecule has 1 atom stereocenters. The van der Waals surface area contributed by atoms with Crippen molar-refractivity contribution in [1.82, 2.24) is 5.32 Å². The van der Waals surface area contributed by atoms with Crippen LogP contribution in [0.5, 0.6) is 17.2 Å². The summed E-state index contributed by atoms with van der Waals surface area (Å²) < 4.78 is 29.2. The number of amides is 1. The zero-order valence-corrected chi connectivity index (χ0v) is 17.9. The molecule has 0 saturated heterocycles. The Morgan fingerprint density at radius 2 is 1.52 bits per heavy atom. The lowest BCUT2D eigenvalue weighted by Crippen LogP contribution is -2.31. The Bertz CT molecular complexity index is 1000. The summed E-state index contributed by atoms with van der Waals surface area (Å²) >= 11 is 0. The topological polar surface area (TPSA) is 56.8 Å². The molecule has 3 aromatic rings. The van der Waals surface area contributed by atoms with Crippen molar-refractivity contribution >= 4 is 5.91 Å². The summed E-state index contributed by atoms with van der Waals surface area (Å²) in [6, 6.07) is 18.9. The summed E-state index contributed by atoms with van der Waals surface area (Å²) in [5.74, 6) is 1.55. The Morgan fingerprint density at radius 1 is 0.871 bits per heavy atom. The van der Waals surface area contributed by atoms with E-state index >= 15 is 0 Å². The predicted octanol–water partition coefficient (Wildman–Crippen LogP) is 4.49. The van der Waals surface area contributed by atoms with Gasteiger partial charge in [-0.05, 0) is 47.9 Å². The van der Waals surface area contributed by atoms with Crippen LogP contribution in [0.4, 0.5) is 4.39 Å². The number of nitrogens with one attached hydrogen (secondary N) is 1. The maximum atomic E-state index is 13.3. The van der Waals surface area contributed by atoms with E-state index in [2.05, 4.69) is 5.32 Å². The molecule has 31 heavy (non-hydrogen) atoms. The highest BCUT2D eigenvalue weighted by molar-refractivity contribution is 5.80. The molecule has 6 heteroatoms. The molecule has 0 radical (unpaired) electrons. The molecule has 162 valence electrons. The zero-order chi connectivity index (χ0) is 22.2. The normalized spacial score (nSPS) is 11.5. The maximum Gasteiger partial charge on any atom is 0.225 e. The molecule has 0 fully saturated rings. The molecule has 5 nitrogen and oxygen atoms in total. The number of halogens is 1. The molecule has 0 aromatic heterocycles. The molecule has 0 spiro atoms. The first-order valence-corrected chi connectivity index (χ1v) is 9.91. The quantitative estimate of drug-likeness (QED) is 0.551. The van der Waals surface area contributed by atoms with Crippen LogP contribution in [0, 0.1) is 5.82 Å². The first-order chi connectivity index (χ1) is 15.0. The standard InChI is InChI=1S/C25H26FNO4/c1-29-21-11-6-18(7-12-21)23(14-17-4-9-20(26)10-5-17)27-25(28)15-19-8-13-22(30-2)16-24(19)31-3/h4-13,16,23H,14-15H2,1-3H3,(H,27,28). The van der Waals surface area contributed by atoms with Crippen LogP contribution in [-0.2, 0) is 17.6 Å². The second-order valence-corrected chi connectivity index (χ2v) is 7.08. The van der Waals surface area contributed by atoms with Crippen molar-refractivity contribution in [2.75, 3.05) is 21.3 Å². The van der Waals surface area contributed by atoms with E-state index in [4.69, 9.17) is 14.2 Å². The van der Waals surface area contributed by atoms with Gasteiger partial charge in [0.25, 0.3) is 0 Å². The Morgan fingerprint density at radius 3 is 2.13 bits per heavy atom. The first kappa shape index (κ1) is 22.2. The minimum atomic E-state index is -0.291. The van der Waals surface area contributed by atoms with Crippen molar-refractivity contribution in [3.05, 3.63) is 89.2 Å². The lowest BCUT2D eigenvalue weighted by Gasteiger charge is -2.20. The molecule has 0 saturated carbocycles. The van der Waals surface area contributed by atoms with Crippen LogP contribution in [0.2, 0.25) is 0 Å². The molecule has 0 aliphatic heterocycles. The monoisotopic (exact) mass is 423 g/mol. The summed E-state index contributed by atoms with van der Waals surface area (Å²) in [4.78, 5) is 12.9. The van der Waals surface area contributed by atoms with Crippen LogP contribution in [0.25, 0.3) is 0 Å². The first-order valence-electron chi connectivity index (χ1n) is 9.91. The van der Waals surface area contributed by atoms with Crippen LogP contribution in [0.3, 0.4) is 0 Å². The van der Waals surface area contributed by atoms with Crippen molar-refractivity contribution in [1.29, 1.82) is 0 Å². The molecular weight excluding hydrogens is 397 g/mol.